The van der Waals surface area contributed by atoms with Crippen molar-refractivity contribution in [2.24, 2.45) is 5.92 Å². The van der Waals surface area contributed by atoms with Crippen LogP contribution in [-0.2, 0) is 9.59 Å². The summed E-state index contributed by atoms with van der Waals surface area (Å²) in [7, 11) is 0. The maximum Gasteiger partial charge on any atom is 0.308 e. The average molecular weight is 279 g/mol. The van der Waals surface area contributed by atoms with Gasteiger partial charge in [-0.3, -0.25) is 9.59 Å². The van der Waals surface area contributed by atoms with Crippen molar-refractivity contribution in [1.29, 1.82) is 0 Å². The van der Waals surface area contributed by atoms with E-state index in [9.17, 15) is 9.59 Å². The molecule has 1 aromatic carbocycles. The number of nitrogens with one attached hydrogen (secondary N) is 1. The molecular formula is C15H21NO4. The molecule has 2 N–H and O–H groups in total. The molecule has 0 bridgehead atoms. The zero-order valence-electron chi connectivity index (χ0n) is 12.1. The number of carboxylic acid groups (broad SMARTS) is 1. The first kappa shape index (κ1) is 16.0. The molecule has 1 aromatic rings. The molecule has 1 amide bonds. The molecule has 0 spiro atoms. The molecular weight excluding hydrogens is 258 g/mol. The summed E-state index contributed by atoms with van der Waals surface area (Å²) in [4.78, 5) is 22.2. The van der Waals surface area contributed by atoms with Crippen LogP contribution in [0.5, 0.6) is 5.75 Å². The number of hydrogen-bond donors (Lipinski definition) is 2. The molecule has 1 unspecified atom stereocenters. The van der Waals surface area contributed by atoms with Crippen LogP contribution in [0.15, 0.2) is 18.2 Å². The number of carbonyl (C=O) groups excluding carboxylic acids is 1. The Morgan fingerprint density at radius 2 is 1.90 bits per heavy atom. The maximum absolute atomic E-state index is 11.5. The van der Waals surface area contributed by atoms with Crippen LogP contribution in [0, 0.1) is 19.8 Å². The highest BCUT2D eigenvalue weighted by Crippen LogP contribution is 2.22. The van der Waals surface area contributed by atoms with E-state index in [0.29, 0.717) is 0 Å². The second-order valence-corrected chi connectivity index (χ2v) is 4.86. The molecule has 0 aliphatic rings. The molecule has 0 aliphatic carbocycles. The Morgan fingerprint density at radius 1 is 1.30 bits per heavy atom. The molecule has 110 valence electrons. The van der Waals surface area contributed by atoms with E-state index in [1.54, 1.807) is 6.92 Å². The van der Waals surface area contributed by atoms with Gasteiger partial charge in [-0.15, -0.1) is 0 Å². The van der Waals surface area contributed by atoms with Gasteiger partial charge in [-0.2, -0.15) is 0 Å². The van der Waals surface area contributed by atoms with Crippen molar-refractivity contribution in [1.82, 2.24) is 5.32 Å². The van der Waals surface area contributed by atoms with Crippen molar-refractivity contribution >= 4 is 11.9 Å². The fourth-order valence-electron chi connectivity index (χ4n) is 1.72. The third kappa shape index (κ3) is 4.91. The lowest BCUT2D eigenvalue weighted by atomic mass is 10.1. The molecule has 20 heavy (non-hydrogen) atoms. The van der Waals surface area contributed by atoms with Crippen LogP contribution in [0.2, 0.25) is 0 Å². The number of carbonyl (C=O) groups is 2. The van der Waals surface area contributed by atoms with Crippen LogP contribution in [0.3, 0.4) is 0 Å². The van der Waals surface area contributed by atoms with Gasteiger partial charge in [-0.05, 0) is 25.0 Å². The predicted molar refractivity (Wildman–Crippen MR) is 75.8 cm³/mol. The summed E-state index contributed by atoms with van der Waals surface area (Å²) in [5.74, 6) is -0.904. The van der Waals surface area contributed by atoms with Crippen molar-refractivity contribution in [2.45, 2.75) is 27.2 Å². The average Bonchev–Trinajstić information content (AvgIpc) is 2.39. The Kier molecular flexibility index (Phi) is 6.03. The van der Waals surface area contributed by atoms with E-state index in [1.807, 2.05) is 32.0 Å². The van der Waals surface area contributed by atoms with E-state index in [-0.39, 0.29) is 25.5 Å². The van der Waals surface area contributed by atoms with Crippen molar-refractivity contribution in [3.8, 4) is 5.75 Å². The van der Waals surface area contributed by atoms with E-state index in [4.69, 9.17) is 9.84 Å². The summed E-state index contributed by atoms with van der Waals surface area (Å²) in [6.07, 6.45) is 0.208. The Bertz CT molecular complexity index is 465. The second-order valence-electron chi connectivity index (χ2n) is 4.86. The van der Waals surface area contributed by atoms with E-state index >= 15 is 0 Å². The molecule has 0 aliphatic heterocycles. The minimum Gasteiger partial charge on any atom is -0.493 e. The van der Waals surface area contributed by atoms with Crippen molar-refractivity contribution in [3.05, 3.63) is 29.3 Å². The standard InChI is InChI=1S/C15H21NO4/c1-10-5-4-6-11(2)14(10)20-8-7-13(17)16-9-12(3)15(18)19/h4-6,12H,7-9H2,1-3H3,(H,16,17)(H,18,19). The van der Waals surface area contributed by atoms with Crippen LogP contribution >= 0.6 is 0 Å². The van der Waals surface area contributed by atoms with Gasteiger partial charge in [0.05, 0.1) is 18.9 Å². The number of aliphatic carboxylic acids is 1. The third-order valence-corrected chi connectivity index (χ3v) is 3.01. The van der Waals surface area contributed by atoms with Gasteiger partial charge in [0.25, 0.3) is 0 Å². The van der Waals surface area contributed by atoms with Gasteiger partial charge in [-0.1, -0.05) is 25.1 Å². The number of amides is 1. The first-order valence-electron chi connectivity index (χ1n) is 6.60. The fourth-order valence-corrected chi connectivity index (χ4v) is 1.72. The number of ether oxygens (including phenoxy) is 1. The lowest BCUT2D eigenvalue weighted by molar-refractivity contribution is -0.141. The van der Waals surface area contributed by atoms with Gasteiger partial charge in [0.2, 0.25) is 5.91 Å². The van der Waals surface area contributed by atoms with Gasteiger partial charge in [0, 0.05) is 6.54 Å². The Morgan fingerprint density at radius 3 is 2.45 bits per heavy atom. The first-order valence-corrected chi connectivity index (χ1v) is 6.60. The molecule has 0 heterocycles. The largest absolute Gasteiger partial charge is 0.493 e. The highest BCUT2D eigenvalue weighted by Gasteiger charge is 2.12. The third-order valence-electron chi connectivity index (χ3n) is 3.01. The fraction of sp³-hybridized carbons (Fsp3) is 0.467. The summed E-state index contributed by atoms with van der Waals surface area (Å²) < 4.78 is 5.62. The molecule has 0 fully saturated rings. The molecule has 1 atom stereocenters. The summed E-state index contributed by atoms with van der Waals surface area (Å²) in [6.45, 7) is 5.88. The van der Waals surface area contributed by atoms with Gasteiger partial charge >= 0.3 is 5.97 Å². The number of aryl methyl sites for hydroxylation is 2. The van der Waals surface area contributed by atoms with E-state index in [1.165, 1.54) is 0 Å². The monoisotopic (exact) mass is 279 g/mol. The zero-order chi connectivity index (χ0) is 15.1. The molecule has 0 saturated heterocycles. The lowest BCUT2D eigenvalue weighted by Gasteiger charge is -2.12. The number of rotatable bonds is 7. The SMILES string of the molecule is Cc1cccc(C)c1OCCC(=O)NCC(C)C(=O)O. The van der Waals surface area contributed by atoms with Crippen LogP contribution in [0.25, 0.3) is 0 Å². The highest BCUT2D eigenvalue weighted by molar-refractivity contribution is 5.77. The number of carboxylic acids is 1. The number of para-hydroxylation sites is 1. The molecule has 0 saturated carbocycles. The minimum atomic E-state index is -0.919. The van der Waals surface area contributed by atoms with Crippen molar-refractivity contribution < 1.29 is 19.4 Å². The Labute approximate surface area is 118 Å². The van der Waals surface area contributed by atoms with Gasteiger partial charge < -0.3 is 15.2 Å². The van der Waals surface area contributed by atoms with Crippen LogP contribution in [0.4, 0.5) is 0 Å². The first-order chi connectivity index (χ1) is 9.41. The predicted octanol–water partition coefficient (Wildman–Crippen LogP) is 1.91. The summed E-state index contributed by atoms with van der Waals surface area (Å²) >= 11 is 0. The minimum absolute atomic E-state index is 0.136. The number of hydrogen-bond acceptors (Lipinski definition) is 3. The van der Waals surface area contributed by atoms with Gasteiger partial charge in [0.15, 0.2) is 0 Å². The molecule has 0 aromatic heterocycles. The summed E-state index contributed by atoms with van der Waals surface area (Å²) in [5.41, 5.74) is 2.06. The van der Waals surface area contributed by atoms with Crippen LogP contribution < -0.4 is 10.1 Å². The van der Waals surface area contributed by atoms with E-state index < -0.39 is 11.9 Å². The number of benzene rings is 1. The second kappa shape index (κ2) is 7.53. The maximum atomic E-state index is 11.5. The summed E-state index contributed by atoms with van der Waals surface area (Å²) in [6, 6.07) is 5.87. The molecule has 1 rings (SSSR count). The Hall–Kier alpha value is -2.04. The smallest absolute Gasteiger partial charge is 0.308 e. The zero-order valence-corrected chi connectivity index (χ0v) is 12.1. The lowest BCUT2D eigenvalue weighted by Crippen LogP contribution is -2.32. The van der Waals surface area contributed by atoms with E-state index in [0.717, 1.165) is 16.9 Å². The summed E-state index contributed by atoms with van der Waals surface area (Å²) in [5, 5.41) is 11.3. The van der Waals surface area contributed by atoms with Gasteiger partial charge in [-0.25, -0.2) is 0 Å². The molecule has 5 heteroatoms. The highest BCUT2D eigenvalue weighted by atomic mass is 16.5. The van der Waals surface area contributed by atoms with E-state index in [2.05, 4.69) is 5.32 Å². The van der Waals surface area contributed by atoms with Crippen LogP contribution in [0.1, 0.15) is 24.5 Å². The quantitative estimate of drug-likeness (QED) is 0.799. The van der Waals surface area contributed by atoms with Crippen LogP contribution in [-0.4, -0.2) is 30.1 Å². The molecule has 0 radical (unpaired) electrons. The Balaban J connectivity index is 2.34. The van der Waals surface area contributed by atoms with Crippen molar-refractivity contribution in [3.63, 3.8) is 0 Å². The molecule has 5 nitrogen and oxygen atoms in total. The van der Waals surface area contributed by atoms with Crippen molar-refractivity contribution in [2.75, 3.05) is 13.2 Å². The normalized spacial score (nSPS) is 11.8. The topological polar surface area (TPSA) is 75.6 Å². The van der Waals surface area contributed by atoms with Gasteiger partial charge in [0.1, 0.15) is 5.75 Å².